The van der Waals surface area contributed by atoms with Crippen molar-refractivity contribution >= 4 is 35.7 Å². The molecule has 104 valence electrons. The molecule has 3 aromatic rings. The lowest BCUT2D eigenvalue weighted by molar-refractivity contribution is 1.17. The normalized spacial score (nSPS) is 10.4. The van der Waals surface area contributed by atoms with Crippen molar-refractivity contribution in [3.63, 3.8) is 0 Å². The van der Waals surface area contributed by atoms with Crippen LogP contribution in [0.15, 0.2) is 65.6 Å². The Labute approximate surface area is 133 Å². The second-order valence-electron chi connectivity index (χ2n) is 4.44. The number of benzene rings is 2. The molecule has 1 aromatic heterocycles. The Kier molecular flexibility index (Phi) is 4.08. The average molecular weight is 314 g/mol. The fraction of sp³-hybridized carbons (Fsp3) is 0. The van der Waals surface area contributed by atoms with E-state index in [2.05, 4.69) is 27.9 Å². The van der Waals surface area contributed by atoms with Gasteiger partial charge in [-0.3, -0.25) is 0 Å². The van der Waals surface area contributed by atoms with E-state index in [0.29, 0.717) is 16.8 Å². The van der Waals surface area contributed by atoms with Crippen LogP contribution in [-0.2, 0) is 0 Å². The highest BCUT2D eigenvalue weighted by Gasteiger charge is 2.06. The van der Waals surface area contributed by atoms with E-state index in [0.717, 1.165) is 16.1 Å². The Morgan fingerprint density at radius 2 is 1.62 bits per heavy atom. The summed E-state index contributed by atoms with van der Waals surface area (Å²) < 4.78 is 0. The largest absolute Gasteiger partial charge is 0.340 e. The molecule has 0 amide bonds. The molecule has 2 aromatic carbocycles. The van der Waals surface area contributed by atoms with Crippen LogP contribution in [0, 0.1) is 0 Å². The first-order chi connectivity index (χ1) is 10.2. The van der Waals surface area contributed by atoms with E-state index >= 15 is 0 Å². The molecule has 1 N–H and O–H groups in total. The van der Waals surface area contributed by atoms with Crippen LogP contribution in [0.3, 0.4) is 0 Å². The topological polar surface area (TPSA) is 37.8 Å². The van der Waals surface area contributed by atoms with Crippen LogP contribution in [0.1, 0.15) is 0 Å². The van der Waals surface area contributed by atoms with Gasteiger partial charge in [0, 0.05) is 22.2 Å². The minimum Gasteiger partial charge on any atom is -0.340 e. The number of rotatable bonds is 3. The van der Waals surface area contributed by atoms with E-state index < -0.39 is 0 Å². The lowest BCUT2D eigenvalue weighted by atomic mass is 10.2. The van der Waals surface area contributed by atoms with Gasteiger partial charge >= 0.3 is 0 Å². The molecule has 0 saturated carbocycles. The van der Waals surface area contributed by atoms with Gasteiger partial charge in [-0.15, -0.1) is 12.6 Å². The molecule has 0 aliphatic rings. The quantitative estimate of drug-likeness (QED) is 0.537. The summed E-state index contributed by atoms with van der Waals surface area (Å²) in [7, 11) is 0. The zero-order valence-electron chi connectivity index (χ0n) is 11.0. The van der Waals surface area contributed by atoms with Crippen LogP contribution in [-0.4, -0.2) is 9.97 Å². The number of hydrogen-bond acceptors (Lipinski definition) is 4. The molecule has 3 nitrogen and oxygen atoms in total. The summed E-state index contributed by atoms with van der Waals surface area (Å²) in [5.74, 6) is 1.25. The van der Waals surface area contributed by atoms with Gasteiger partial charge in [0.2, 0.25) is 0 Å². The number of halogens is 1. The van der Waals surface area contributed by atoms with E-state index in [1.54, 1.807) is 6.07 Å². The molecule has 0 atom stereocenters. The fourth-order valence-corrected chi connectivity index (χ4v) is 2.22. The van der Waals surface area contributed by atoms with Gasteiger partial charge in [-0.1, -0.05) is 41.9 Å². The van der Waals surface area contributed by atoms with Gasteiger partial charge in [0.15, 0.2) is 5.82 Å². The smallest absolute Gasteiger partial charge is 0.163 e. The second-order valence-corrected chi connectivity index (χ2v) is 5.34. The van der Waals surface area contributed by atoms with Crippen molar-refractivity contribution in [1.29, 1.82) is 0 Å². The van der Waals surface area contributed by atoms with Gasteiger partial charge in [-0.2, -0.15) is 0 Å². The maximum Gasteiger partial charge on any atom is 0.163 e. The molecule has 0 aliphatic carbocycles. The van der Waals surface area contributed by atoms with Crippen molar-refractivity contribution in [2.75, 3.05) is 5.32 Å². The van der Waals surface area contributed by atoms with E-state index in [-0.39, 0.29) is 0 Å². The van der Waals surface area contributed by atoms with Gasteiger partial charge < -0.3 is 5.32 Å². The zero-order chi connectivity index (χ0) is 14.7. The van der Waals surface area contributed by atoms with Crippen LogP contribution in [0.5, 0.6) is 0 Å². The molecule has 0 bridgehead atoms. The highest BCUT2D eigenvalue weighted by molar-refractivity contribution is 7.80. The van der Waals surface area contributed by atoms with E-state index in [1.165, 1.54) is 0 Å². The standard InChI is InChI=1S/C16H12ClN3S/c17-14-10-15(18-12-6-8-13(21)9-7-12)20-16(19-14)11-4-2-1-3-5-11/h1-10,21H,(H,18,19,20). The highest BCUT2D eigenvalue weighted by atomic mass is 35.5. The SMILES string of the molecule is Sc1ccc(Nc2cc(Cl)nc(-c3ccccc3)n2)cc1. The van der Waals surface area contributed by atoms with Crippen LogP contribution in [0.25, 0.3) is 11.4 Å². The summed E-state index contributed by atoms with van der Waals surface area (Å²) in [6.07, 6.45) is 0. The third kappa shape index (κ3) is 3.54. The van der Waals surface area contributed by atoms with E-state index in [4.69, 9.17) is 11.6 Å². The molecule has 0 unspecified atom stereocenters. The number of anilines is 2. The van der Waals surface area contributed by atoms with Crippen molar-refractivity contribution < 1.29 is 0 Å². The Balaban J connectivity index is 1.93. The van der Waals surface area contributed by atoms with Gasteiger partial charge in [0.05, 0.1) is 0 Å². The summed E-state index contributed by atoms with van der Waals surface area (Å²) in [4.78, 5) is 9.67. The third-order valence-electron chi connectivity index (χ3n) is 2.87. The number of aromatic nitrogens is 2. The second kappa shape index (κ2) is 6.16. The molecule has 1 heterocycles. The summed E-state index contributed by atoms with van der Waals surface area (Å²) in [5.41, 5.74) is 1.84. The van der Waals surface area contributed by atoms with Gasteiger partial charge in [0.1, 0.15) is 11.0 Å². The Morgan fingerprint density at radius 1 is 0.905 bits per heavy atom. The average Bonchev–Trinajstić information content (AvgIpc) is 2.50. The van der Waals surface area contributed by atoms with Gasteiger partial charge in [-0.05, 0) is 24.3 Å². The molecular formula is C16H12ClN3S. The van der Waals surface area contributed by atoms with Crippen molar-refractivity contribution in [1.82, 2.24) is 9.97 Å². The molecule has 3 rings (SSSR count). The maximum absolute atomic E-state index is 6.09. The monoisotopic (exact) mass is 313 g/mol. The Morgan fingerprint density at radius 3 is 2.33 bits per heavy atom. The van der Waals surface area contributed by atoms with Gasteiger partial charge in [-0.25, -0.2) is 9.97 Å². The summed E-state index contributed by atoms with van der Waals surface area (Å²) in [6.45, 7) is 0. The molecule has 0 spiro atoms. The molecule has 21 heavy (non-hydrogen) atoms. The van der Waals surface area contributed by atoms with Crippen molar-refractivity contribution in [2.24, 2.45) is 0 Å². The van der Waals surface area contributed by atoms with Crippen LogP contribution < -0.4 is 5.32 Å². The lowest BCUT2D eigenvalue weighted by Gasteiger charge is -2.08. The number of nitrogens with one attached hydrogen (secondary N) is 1. The van der Waals surface area contributed by atoms with Crippen LogP contribution >= 0.6 is 24.2 Å². The number of thiol groups is 1. The zero-order valence-corrected chi connectivity index (χ0v) is 12.6. The van der Waals surface area contributed by atoms with Crippen molar-refractivity contribution in [2.45, 2.75) is 4.90 Å². The summed E-state index contributed by atoms with van der Waals surface area (Å²) in [6, 6.07) is 19.1. The molecule has 0 fully saturated rings. The maximum atomic E-state index is 6.09. The van der Waals surface area contributed by atoms with E-state index in [1.807, 2.05) is 54.6 Å². The Bertz CT molecular complexity index is 745. The fourth-order valence-electron chi connectivity index (χ4n) is 1.89. The summed E-state index contributed by atoms with van der Waals surface area (Å²) in [5, 5.41) is 3.61. The van der Waals surface area contributed by atoms with Crippen LogP contribution in [0.2, 0.25) is 5.15 Å². The molecule has 0 radical (unpaired) electrons. The minimum absolute atomic E-state index is 0.400. The van der Waals surface area contributed by atoms with Crippen molar-refractivity contribution in [3.05, 3.63) is 65.8 Å². The first-order valence-electron chi connectivity index (χ1n) is 6.37. The Hall–Kier alpha value is -2.04. The van der Waals surface area contributed by atoms with Crippen LogP contribution in [0.4, 0.5) is 11.5 Å². The third-order valence-corrected chi connectivity index (χ3v) is 3.36. The lowest BCUT2D eigenvalue weighted by Crippen LogP contribution is -1.97. The number of nitrogens with zero attached hydrogens (tertiary/aromatic N) is 2. The summed E-state index contributed by atoms with van der Waals surface area (Å²) >= 11 is 10.4. The first-order valence-corrected chi connectivity index (χ1v) is 7.19. The predicted molar refractivity (Wildman–Crippen MR) is 89.5 cm³/mol. The van der Waals surface area contributed by atoms with E-state index in [9.17, 15) is 0 Å². The first kappa shape index (κ1) is 13.9. The molecule has 0 saturated heterocycles. The van der Waals surface area contributed by atoms with Gasteiger partial charge in [0.25, 0.3) is 0 Å². The number of hydrogen-bond donors (Lipinski definition) is 2. The molecule has 0 aliphatic heterocycles. The predicted octanol–water partition coefficient (Wildman–Crippen LogP) is 4.83. The molecular weight excluding hydrogens is 302 g/mol. The molecule has 5 heteroatoms. The van der Waals surface area contributed by atoms with Crippen molar-refractivity contribution in [3.8, 4) is 11.4 Å². The minimum atomic E-state index is 0.400. The highest BCUT2D eigenvalue weighted by Crippen LogP contribution is 2.23.